The molecule has 3 rings (SSSR count). The molecule has 27 heavy (non-hydrogen) atoms. The molecular formula is C21H21N3O3. The number of hydrogen-bond donors (Lipinski definition) is 0. The molecule has 0 saturated carbocycles. The van der Waals surface area contributed by atoms with Gasteiger partial charge in [-0.1, -0.05) is 19.9 Å². The molecule has 0 radical (unpaired) electrons. The monoisotopic (exact) mass is 363 g/mol. The van der Waals surface area contributed by atoms with Crippen LogP contribution >= 0.6 is 0 Å². The first-order valence-corrected chi connectivity index (χ1v) is 8.85. The number of esters is 1. The molecule has 0 spiro atoms. The molecule has 0 N–H and O–H groups in total. The Bertz CT molecular complexity index is 1020. The van der Waals surface area contributed by atoms with Gasteiger partial charge in [-0.2, -0.15) is 5.26 Å². The lowest BCUT2D eigenvalue weighted by Gasteiger charge is -2.11. The second kappa shape index (κ2) is 7.92. The SMILES string of the molecule is CCOC(=O)c1cn2cc(-c3ccc(OCC(C)C)c(C#N)c3)ccc2n1. The minimum Gasteiger partial charge on any atom is -0.492 e. The maximum atomic E-state index is 11.9. The summed E-state index contributed by atoms with van der Waals surface area (Å²) in [5.74, 6) is 0.526. The topological polar surface area (TPSA) is 76.6 Å². The van der Waals surface area contributed by atoms with Crippen molar-refractivity contribution in [2.24, 2.45) is 5.92 Å². The van der Waals surface area contributed by atoms with E-state index in [1.807, 2.05) is 30.5 Å². The Labute approximate surface area is 158 Å². The molecule has 0 amide bonds. The van der Waals surface area contributed by atoms with Gasteiger partial charge in [0.15, 0.2) is 5.69 Å². The van der Waals surface area contributed by atoms with Gasteiger partial charge < -0.3 is 13.9 Å². The van der Waals surface area contributed by atoms with Crippen molar-refractivity contribution in [2.75, 3.05) is 13.2 Å². The van der Waals surface area contributed by atoms with Gasteiger partial charge in [-0.05, 0) is 48.2 Å². The quantitative estimate of drug-likeness (QED) is 0.617. The first kappa shape index (κ1) is 18.5. The molecule has 6 nitrogen and oxygen atoms in total. The molecule has 2 heterocycles. The predicted octanol–water partition coefficient (Wildman–Crippen LogP) is 4.08. The van der Waals surface area contributed by atoms with E-state index in [1.165, 1.54) is 0 Å². The van der Waals surface area contributed by atoms with Crippen LogP contribution in [0.1, 0.15) is 36.8 Å². The Morgan fingerprint density at radius 2 is 2.00 bits per heavy atom. The van der Waals surface area contributed by atoms with Crippen molar-refractivity contribution in [1.29, 1.82) is 5.26 Å². The van der Waals surface area contributed by atoms with Crippen LogP contribution in [-0.4, -0.2) is 28.6 Å². The third-order valence-corrected chi connectivity index (χ3v) is 3.94. The molecule has 0 bridgehead atoms. The number of fused-ring (bicyclic) bond motifs is 1. The van der Waals surface area contributed by atoms with Gasteiger partial charge in [0, 0.05) is 12.4 Å². The maximum absolute atomic E-state index is 11.9. The largest absolute Gasteiger partial charge is 0.492 e. The number of ether oxygens (including phenoxy) is 2. The predicted molar refractivity (Wildman–Crippen MR) is 102 cm³/mol. The first-order valence-electron chi connectivity index (χ1n) is 8.85. The Morgan fingerprint density at radius 3 is 2.70 bits per heavy atom. The molecular weight excluding hydrogens is 342 g/mol. The van der Waals surface area contributed by atoms with E-state index in [0.717, 1.165) is 11.1 Å². The maximum Gasteiger partial charge on any atom is 0.358 e. The average Bonchev–Trinajstić information content (AvgIpc) is 3.09. The Balaban J connectivity index is 1.92. The van der Waals surface area contributed by atoms with E-state index < -0.39 is 5.97 Å². The zero-order chi connectivity index (χ0) is 19.4. The van der Waals surface area contributed by atoms with Gasteiger partial charge in [-0.3, -0.25) is 0 Å². The summed E-state index contributed by atoms with van der Waals surface area (Å²) in [6.07, 6.45) is 3.51. The summed E-state index contributed by atoms with van der Waals surface area (Å²) in [5, 5.41) is 9.45. The minimum absolute atomic E-state index is 0.268. The van der Waals surface area contributed by atoms with Crippen LogP contribution in [0, 0.1) is 17.2 Å². The van der Waals surface area contributed by atoms with Crippen LogP contribution < -0.4 is 4.74 Å². The number of benzene rings is 1. The van der Waals surface area contributed by atoms with Crippen molar-refractivity contribution in [3.05, 3.63) is 54.0 Å². The molecule has 1 aromatic carbocycles. The molecule has 0 unspecified atom stereocenters. The highest BCUT2D eigenvalue weighted by Gasteiger charge is 2.13. The lowest BCUT2D eigenvalue weighted by molar-refractivity contribution is 0.0520. The summed E-state index contributed by atoms with van der Waals surface area (Å²) in [6.45, 7) is 6.75. The third kappa shape index (κ3) is 4.09. The third-order valence-electron chi connectivity index (χ3n) is 3.94. The Morgan fingerprint density at radius 1 is 1.22 bits per heavy atom. The van der Waals surface area contributed by atoms with Gasteiger partial charge in [-0.25, -0.2) is 9.78 Å². The molecule has 138 valence electrons. The van der Waals surface area contributed by atoms with Crippen molar-refractivity contribution in [2.45, 2.75) is 20.8 Å². The Kier molecular flexibility index (Phi) is 5.41. The summed E-state index contributed by atoms with van der Waals surface area (Å²) in [4.78, 5) is 16.1. The van der Waals surface area contributed by atoms with Crippen LogP contribution in [-0.2, 0) is 4.74 Å². The summed E-state index contributed by atoms with van der Waals surface area (Å²) >= 11 is 0. The fourth-order valence-corrected chi connectivity index (χ4v) is 2.65. The molecule has 0 aliphatic carbocycles. The summed E-state index contributed by atoms with van der Waals surface area (Å²) in [7, 11) is 0. The number of pyridine rings is 1. The Hall–Kier alpha value is -3.33. The van der Waals surface area contributed by atoms with Crippen molar-refractivity contribution in [1.82, 2.24) is 9.38 Å². The van der Waals surface area contributed by atoms with E-state index in [1.54, 1.807) is 23.6 Å². The molecule has 0 aliphatic rings. The summed E-state index contributed by atoms with van der Waals surface area (Å²) < 4.78 is 12.5. The fourth-order valence-electron chi connectivity index (χ4n) is 2.65. The number of carbonyl (C=O) groups is 1. The van der Waals surface area contributed by atoms with Crippen molar-refractivity contribution in [3.8, 4) is 22.9 Å². The van der Waals surface area contributed by atoms with E-state index in [0.29, 0.717) is 36.1 Å². The summed E-state index contributed by atoms with van der Waals surface area (Å²) in [6, 6.07) is 11.5. The number of nitriles is 1. The number of carbonyl (C=O) groups excluding carboxylic acids is 1. The van der Waals surface area contributed by atoms with E-state index in [4.69, 9.17) is 9.47 Å². The van der Waals surface area contributed by atoms with Gasteiger partial charge in [0.25, 0.3) is 0 Å². The highest BCUT2D eigenvalue weighted by Crippen LogP contribution is 2.27. The van der Waals surface area contributed by atoms with Crippen molar-refractivity contribution in [3.63, 3.8) is 0 Å². The van der Waals surface area contributed by atoms with Crippen LogP contribution in [0.2, 0.25) is 0 Å². The number of nitrogens with zero attached hydrogens (tertiary/aromatic N) is 3. The zero-order valence-corrected chi connectivity index (χ0v) is 15.6. The second-order valence-corrected chi connectivity index (χ2v) is 6.56. The number of hydrogen-bond acceptors (Lipinski definition) is 5. The van der Waals surface area contributed by atoms with E-state index >= 15 is 0 Å². The molecule has 0 saturated heterocycles. The minimum atomic E-state index is -0.443. The van der Waals surface area contributed by atoms with E-state index in [2.05, 4.69) is 24.9 Å². The van der Waals surface area contributed by atoms with Crippen LogP contribution in [0.4, 0.5) is 0 Å². The normalized spacial score (nSPS) is 10.8. The number of rotatable bonds is 6. The average molecular weight is 363 g/mol. The van der Waals surface area contributed by atoms with E-state index in [-0.39, 0.29) is 5.69 Å². The van der Waals surface area contributed by atoms with Gasteiger partial charge >= 0.3 is 5.97 Å². The molecule has 6 heteroatoms. The molecule has 0 atom stereocenters. The molecule has 0 fully saturated rings. The van der Waals surface area contributed by atoms with Gasteiger partial charge in [-0.15, -0.1) is 0 Å². The number of aromatic nitrogens is 2. The van der Waals surface area contributed by atoms with Gasteiger partial charge in [0.05, 0.1) is 18.8 Å². The second-order valence-electron chi connectivity index (χ2n) is 6.56. The lowest BCUT2D eigenvalue weighted by Crippen LogP contribution is -2.05. The van der Waals surface area contributed by atoms with Crippen molar-refractivity contribution < 1.29 is 14.3 Å². The van der Waals surface area contributed by atoms with Gasteiger partial charge in [0.2, 0.25) is 0 Å². The van der Waals surface area contributed by atoms with Crippen LogP contribution in [0.15, 0.2) is 42.7 Å². The molecule has 2 aromatic heterocycles. The lowest BCUT2D eigenvalue weighted by atomic mass is 10.0. The standard InChI is InChI=1S/C21H21N3O3/c1-4-26-21(25)18-12-24-11-16(6-8-20(24)23-18)15-5-7-19(17(9-15)10-22)27-13-14(2)3/h5-9,11-12,14H,4,13H2,1-3H3. The number of imidazole rings is 1. The van der Waals surface area contributed by atoms with Crippen LogP contribution in [0.3, 0.4) is 0 Å². The van der Waals surface area contributed by atoms with Crippen LogP contribution in [0.5, 0.6) is 5.75 Å². The smallest absolute Gasteiger partial charge is 0.358 e. The molecule has 0 aliphatic heterocycles. The van der Waals surface area contributed by atoms with Crippen LogP contribution in [0.25, 0.3) is 16.8 Å². The highest BCUT2D eigenvalue weighted by molar-refractivity contribution is 5.88. The highest BCUT2D eigenvalue weighted by atomic mass is 16.5. The van der Waals surface area contributed by atoms with Gasteiger partial charge in [0.1, 0.15) is 17.5 Å². The van der Waals surface area contributed by atoms with Crippen molar-refractivity contribution >= 4 is 11.6 Å². The first-order chi connectivity index (χ1) is 13.0. The van der Waals surface area contributed by atoms with E-state index in [9.17, 15) is 10.1 Å². The molecule has 3 aromatic rings. The summed E-state index contributed by atoms with van der Waals surface area (Å²) in [5.41, 5.74) is 3.20. The zero-order valence-electron chi connectivity index (χ0n) is 15.6. The fraction of sp³-hybridized carbons (Fsp3) is 0.286.